The van der Waals surface area contributed by atoms with Gasteiger partial charge in [-0.3, -0.25) is 14.8 Å². The van der Waals surface area contributed by atoms with E-state index in [1.54, 1.807) is 11.5 Å². The molecule has 1 heterocycles. The van der Waals surface area contributed by atoms with E-state index in [0.29, 0.717) is 18.0 Å². The first kappa shape index (κ1) is 23.4. The lowest BCUT2D eigenvalue weighted by Crippen LogP contribution is -2.27. The van der Waals surface area contributed by atoms with Crippen LogP contribution in [0.1, 0.15) is 52.0 Å². The largest absolute Gasteiger partial charge is 0.461 e. The maximum Gasteiger partial charge on any atom is 0.320 e. The number of hydrogen-bond acceptors (Lipinski definition) is 7. The second-order valence-electron chi connectivity index (χ2n) is 8.34. The summed E-state index contributed by atoms with van der Waals surface area (Å²) in [6, 6.07) is 16.2. The molecule has 0 spiro atoms. The third-order valence-corrected chi connectivity index (χ3v) is 6.89. The normalized spacial score (nSPS) is 14.0. The van der Waals surface area contributed by atoms with Crippen molar-refractivity contribution in [3.63, 3.8) is 0 Å². The van der Waals surface area contributed by atoms with E-state index < -0.39 is 5.91 Å². The van der Waals surface area contributed by atoms with Crippen molar-refractivity contribution < 1.29 is 19.5 Å². The topological polar surface area (TPSA) is 99.7 Å². The molecule has 33 heavy (non-hydrogen) atoms. The summed E-state index contributed by atoms with van der Waals surface area (Å²) in [4.78, 5) is 23.9. The second kappa shape index (κ2) is 11.4. The van der Waals surface area contributed by atoms with Crippen LogP contribution >= 0.6 is 11.3 Å². The number of esters is 1. The Labute approximate surface area is 197 Å². The van der Waals surface area contributed by atoms with Gasteiger partial charge in [-0.05, 0) is 59.9 Å². The van der Waals surface area contributed by atoms with Crippen molar-refractivity contribution in [1.82, 2.24) is 16.1 Å². The van der Waals surface area contributed by atoms with Crippen LogP contribution in [-0.4, -0.2) is 29.7 Å². The average Bonchev–Trinajstić information content (AvgIpc) is 3.49. The molecule has 1 aliphatic rings. The fourth-order valence-electron chi connectivity index (χ4n) is 4.02. The molecule has 3 aromatic rings. The van der Waals surface area contributed by atoms with Gasteiger partial charge in [0.2, 0.25) is 0 Å². The highest BCUT2D eigenvalue weighted by Gasteiger charge is 2.18. The standard InChI is InChI=1S/C25H29N3O4S/c29-24(32-21-3-1-2-4-21)16-27-14-18-7-5-17(6-8-18)13-26-15-19-9-10-20-12-23(25(30)28-31)33-22(20)11-19/h5-12,21,26-27,31H,1-4,13-16H2,(H,28,30). The van der Waals surface area contributed by atoms with Gasteiger partial charge >= 0.3 is 5.97 Å². The number of hydroxylamine groups is 1. The molecule has 1 amide bonds. The molecule has 0 atom stereocenters. The van der Waals surface area contributed by atoms with Gasteiger partial charge in [0.05, 0.1) is 11.4 Å². The number of rotatable bonds is 10. The third kappa shape index (κ3) is 6.61. The van der Waals surface area contributed by atoms with E-state index >= 15 is 0 Å². The molecule has 1 saturated carbocycles. The fraction of sp³-hybridized carbons (Fsp3) is 0.360. The van der Waals surface area contributed by atoms with E-state index in [9.17, 15) is 9.59 Å². The lowest BCUT2D eigenvalue weighted by atomic mass is 10.1. The van der Waals surface area contributed by atoms with Gasteiger partial charge in [0.15, 0.2) is 0 Å². The van der Waals surface area contributed by atoms with Gasteiger partial charge in [0.1, 0.15) is 6.10 Å². The molecular weight excluding hydrogens is 438 g/mol. The van der Waals surface area contributed by atoms with E-state index in [2.05, 4.69) is 41.0 Å². The lowest BCUT2D eigenvalue weighted by molar-refractivity contribution is -0.147. The Morgan fingerprint density at radius 3 is 2.24 bits per heavy atom. The van der Waals surface area contributed by atoms with Crippen LogP contribution < -0.4 is 16.1 Å². The first-order valence-electron chi connectivity index (χ1n) is 11.3. The first-order chi connectivity index (χ1) is 16.1. The van der Waals surface area contributed by atoms with Crippen LogP contribution in [0.25, 0.3) is 10.1 Å². The van der Waals surface area contributed by atoms with Crippen LogP contribution in [0.3, 0.4) is 0 Å². The highest BCUT2D eigenvalue weighted by atomic mass is 32.1. The Balaban J connectivity index is 1.19. The first-order valence-corrected chi connectivity index (χ1v) is 12.1. The van der Waals surface area contributed by atoms with Crippen molar-refractivity contribution >= 4 is 33.3 Å². The number of amides is 1. The lowest BCUT2D eigenvalue weighted by Gasteiger charge is -2.12. The number of thiophene rings is 1. The predicted molar refractivity (Wildman–Crippen MR) is 128 cm³/mol. The molecule has 7 nitrogen and oxygen atoms in total. The van der Waals surface area contributed by atoms with E-state index in [0.717, 1.165) is 53.4 Å². The number of hydrogen-bond donors (Lipinski definition) is 4. The van der Waals surface area contributed by atoms with Gasteiger partial charge in [-0.15, -0.1) is 11.3 Å². The summed E-state index contributed by atoms with van der Waals surface area (Å²) in [5, 5.41) is 16.4. The van der Waals surface area contributed by atoms with Gasteiger partial charge in [-0.2, -0.15) is 0 Å². The zero-order chi connectivity index (χ0) is 23.0. The number of carbonyl (C=O) groups excluding carboxylic acids is 2. The highest BCUT2D eigenvalue weighted by Crippen LogP contribution is 2.26. The van der Waals surface area contributed by atoms with Crippen molar-refractivity contribution in [3.05, 3.63) is 70.1 Å². The summed E-state index contributed by atoms with van der Waals surface area (Å²) in [7, 11) is 0. The van der Waals surface area contributed by atoms with Crippen molar-refractivity contribution in [2.45, 2.75) is 51.4 Å². The van der Waals surface area contributed by atoms with Crippen LogP contribution in [0.5, 0.6) is 0 Å². The molecule has 1 fully saturated rings. The Bertz CT molecular complexity index is 1090. The number of benzene rings is 2. The van der Waals surface area contributed by atoms with E-state index in [1.165, 1.54) is 16.9 Å². The molecule has 2 aromatic carbocycles. The smallest absolute Gasteiger partial charge is 0.320 e. The number of ether oxygens (including phenoxy) is 1. The van der Waals surface area contributed by atoms with E-state index in [1.807, 2.05) is 12.1 Å². The SMILES string of the molecule is O=C(CNCc1ccc(CNCc2ccc3cc(C(=O)NO)sc3c2)cc1)OC1CCCC1. The van der Waals surface area contributed by atoms with Crippen molar-refractivity contribution in [3.8, 4) is 0 Å². The molecule has 0 radical (unpaired) electrons. The molecular formula is C25H29N3O4S. The Morgan fingerprint density at radius 2 is 1.55 bits per heavy atom. The van der Waals surface area contributed by atoms with E-state index in [4.69, 9.17) is 9.94 Å². The fourth-order valence-corrected chi connectivity index (χ4v) is 5.04. The molecule has 0 aliphatic heterocycles. The molecule has 1 aromatic heterocycles. The Hall–Kier alpha value is -2.78. The molecule has 174 valence electrons. The van der Waals surface area contributed by atoms with Crippen molar-refractivity contribution in [2.75, 3.05) is 6.54 Å². The summed E-state index contributed by atoms with van der Waals surface area (Å²) < 4.78 is 6.46. The summed E-state index contributed by atoms with van der Waals surface area (Å²) in [5.74, 6) is -0.658. The van der Waals surface area contributed by atoms with Gasteiger partial charge in [0, 0.05) is 24.3 Å². The zero-order valence-electron chi connectivity index (χ0n) is 18.4. The Kier molecular flexibility index (Phi) is 8.06. The second-order valence-corrected chi connectivity index (χ2v) is 9.43. The van der Waals surface area contributed by atoms with Crippen molar-refractivity contribution in [2.24, 2.45) is 0 Å². The molecule has 0 unspecified atom stereocenters. The average molecular weight is 468 g/mol. The molecule has 1 aliphatic carbocycles. The summed E-state index contributed by atoms with van der Waals surface area (Å²) in [6.45, 7) is 2.31. The Morgan fingerprint density at radius 1 is 0.909 bits per heavy atom. The van der Waals surface area contributed by atoms with Crippen LogP contribution in [0, 0.1) is 0 Å². The molecule has 4 rings (SSSR count). The van der Waals surface area contributed by atoms with Gasteiger partial charge < -0.3 is 15.4 Å². The van der Waals surface area contributed by atoms with Gasteiger partial charge in [0.25, 0.3) is 5.91 Å². The summed E-state index contributed by atoms with van der Waals surface area (Å²) in [5.41, 5.74) is 5.11. The molecule has 0 saturated heterocycles. The summed E-state index contributed by atoms with van der Waals surface area (Å²) in [6.07, 6.45) is 4.41. The number of carbonyl (C=O) groups is 2. The van der Waals surface area contributed by atoms with Gasteiger partial charge in [-0.25, -0.2) is 5.48 Å². The van der Waals surface area contributed by atoms with Crippen LogP contribution in [-0.2, 0) is 29.2 Å². The minimum Gasteiger partial charge on any atom is -0.461 e. The third-order valence-electron chi connectivity index (χ3n) is 5.79. The maximum absolute atomic E-state index is 11.9. The minimum atomic E-state index is -0.487. The maximum atomic E-state index is 11.9. The van der Waals surface area contributed by atoms with E-state index in [-0.39, 0.29) is 18.6 Å². The summed E-state index contributed by atoms with van der Waals surface area (Å²) >= 11 is 1.36. The predicted octanol–water partition coefficient (Wildman–Crippen LogP) is 3.89. The minimum absolute atomic E-state index is 0.114. The van der Waals surface area contributed by atoms with Crippen LogP contribution in [0.15, 0.2) is 48.5 Å². The molecule has 4 N–H and O–H groups in total. The monoisotopic (exact) mass is 467 g/mol. The highest BCUT2D eigenvalue weighted by molar-refractivity contribution is 7.20. The number of fused-ring (bicyclic) bond motifs is 1. The molecule has 0 bridgehead atoms. The van der Waals surface area contributed by atoms with Crippen molar-refractivity contribution in [1.29, 1.82) is 0 Å². The van der Waals surface area contributed by atoms with Crippen LogP contribution in [0.2, 0.25) is 0 Å². The van der Waals surface area contributed by atoms with Crippen LogP contribution in [0.4, 0.5) is 0 Å². The molecule has 8 heteroatoms. The quantitative estimate of drug-likeness (QED) is 0.205. The van der Waals surface area contributed by atoms with Gasteiger partial charge in [-0.1, -0.05) is 36.4 Å². The zero-order valence-corrected chi connectivity index (χ0v) is 19.2. The number of nitrogens with one attached hydrogen (secondary N) is 3.